The summed E-state index contributed by atoms with van der Waals surface area (Å²) in [6.07, 6.45) is 0.743. The number of amides is 3. The van der Waals surface area contributed by atoms with Gasteiger partial charge in [-0.3, -0.25) is 19.3 Å². The zero-order chi connectivity index (χ0) is 19.5. The average Bonchev–Trinajstić information content (AvgIpc) is 3.23. The molecule has 2 aliphatic heterocycles. The number of rotatable bonds is 2. The molecule has 2 saturated heterocycles. The van der Waals surface area contributed by atoms with Gasteiger partial charge in [-0.1, -0.05) is 6.92 Å². The Morgan fingerprint density at radius 3 is 2.78 bits per heavy atom. The standard InChI is InChI=1S/C20H22FN3O3/c1-10-19-17(24(12(3)25)20(10)27)6-7-23(19)18(26)9-14-11(2)22-16-5-4-13(21)8-15(14)16/h4-5,8,10,17,19,22H,6-7,9H2,1-3H3/t10-,17-,19+/m0/s1. The fraction of sp³-hybridized carbons (Fsp3) is 0.450. The predicted octanol–water partition coefficient (Wildman–Crippen LogP) is 2.15. The SMILES string of the molecule is CC(=O)N1C(=O)[C@@H](C)[C@@H]2[C@@H]1CCN2C(=O)Cc1c(C)[nH]c2ccc(F)cc12. The van der Waals surface area contributed by atoms with Gasteiger partial charge in [0.1, 0.15) is 5.82 Å². The topological polar surface area (TPSA) is 73.5 Å². The zero-order valence-corrected chi connectivity index (χ0v) is 15.6. The van der Waals surface area contributed by atoms with E-state index < -0.39 is 5.92 Å². The first-order chi connectivity index (χ1) is 12.8. The lowest BCUT2D eigenvalue weighted by Gasteiger charge is -2.26. The number of aromatic amines is 1. The van der Waals surface area contributed by atoms with Crippen molar-refractivity contribution >= 4 is 28.6 Å². The second-order valence-corrected chi connectivity index (χ2v) is 7.54. The first kappa shape index (κ1) is 17.7. The van der Waals surface area contributed by atoms with E-state index in [1.54, 1.807) is 17.9 Å². The van der Waals surface area contributed by atoms with Gasteiger partial charge in [-0.05, 0) is 37.1 Å². The molecular formula is C20H22FN3O3. The third kappa shape index (κ3) is 2.64. The number of carbonyl (C=O) groups excluding carboxylic acids is 3. The minimum Gasteiger partial charge on any atom is -0.358 e. The van der Waals surface area contributed by atoms with Crippen molar-refractivity contribution in [3.8, 4) is 0 Å². The molecule has 4 rings (SSSR count). The Morgan fingerprint density at radius 2 is 2.07 bits per heavy atom. The van der Waals surface area contributed by atoms with Crippen molar-refractivity contribution in [1.82, 2.24) is 14.8 Å². The third-order valence-corrected chi connectivity index (χ3v) is 5.96. The second kappa shape index (κ2) is 6.18. The minimum atomic E-state index is -0.396. The molecule has 1 aromatic carbocycles. The Morgan fingerprint density at radius 1 is 1.33 bits per heavy atom. The van der Waals surface area contributed by atoms with Gasteiger partial charge in [0, 0.05) is 30.1 Å². The molecule has 3 amide bonds. The van der Waals surface area contributed by atoms with Crippen LogP contribution >= 0.6 is 0 Å². The van der Waals surface area contributed by atoms with E-state index in [2.05, 4.69) is 4.98 Å². The van der Waals surface area contributed by atoms with Crippen LogP contribution in [0.3, 0.4) is 0 Å². The highest BCUT2D eigenvalue weighted by Crippen LogP contribution is 2.37. The second-order valence-electron chi connectivity index (χ2n) is 7.54. The molecule has 0 spiro atoms. The molecule has 27 heavy (non-hydrogen) atoms. The Hall–Kier alpha value is -2.70. The number of fused-ring (bicyclic) bond motifs is 2. The molecule has 0 aliphatic carbocycles. The summed E-state index contributed by atoms with van der Waals surface area (Å²) in [6, 6.07) is 3.97. The van der Waals surface area contributed by atoms with Crippen LogP contribution in [0.2, 0.25) is 0 Å². The van der Waals surface area contributed by atoms with Crippen LogP contribution < -0.4 is 0 Å². The predicted molar refractivity (Wildman–Crippen MR) is 97.3 cm³/mol. The van der Waals surface area contributed by atoms with E-state index in [9.17, 15) is 18.8 Å². The highest BCUT2D eigenvalue weighted by Gasteiger charge is 2.54. The van der Waals surface area contributed by atoms with E-state index in [0.29, 0.717) is 18.4 Å². The number of imide groups is 1. The molecule has 6 nitrogen and oxygen atoms in total. The van der Waals surface area contributed by atoms with E-state index in [1.807, 2.05) is 6.92 Å². The van der Waals surface area contributed by atoms with Gasteiger partial charge in [0.2, 0.25) is 17.7 Å². The van der Waals surface area contributed by atoms with Gasteiger partial charge in [0.25, 0.3) is 0 Å². The molecule has 0 unspecified atom stereocenters. The van der Waals surface area contributed by atoms with Crippen LogP contribution in [0.25, 0.3) is 10.9 Å². The van der Waals surface area contributed by atoms with Crippen molar-refractivity contribution in [1.29, 1.82) is 0 Å². The molecular weight excluding hydrogens is 349 g/mol. The monoisotopic (exact) mass is 371 g/mol. The largest absolute Gasteiger partial charge is 0.358 e. The van der Waals surface area contributed by atoms with E-state index in [0.717, 1.165) is 16.8 Å². The van der Waals surface area contributed by atoms with Crippen molar-refractivity contribution in [2.24, 2.45) is 5.92 Å². The number of carbonyl (C=O) groups is 3. The first-order valence-electron chi connectivity index (χ1n) is 9.19. The van der Waals surface area contributed by atoms with E-state index in [1.165, 1.54) is 24.0 Å². The van der Waals surface area contributed by atoms with Gasteiger partial charge in [-0.15, -0.1) is 0 Å². The number of nitrogens with one attached hydrogen (secondary N) is 1. The van der Waals surface area contributed by atoms with Gasteiger partial charge < -0.3 is 9.88 Å². The number of aryl methyl sites for hydroxylation is 1. The van der Waals surface area contributed by atoms with Crippen molar-refractivity contribution in [2.45, 2.75) is 45.7 Å². The molecule has 142 valence electrons. The molecule has 7 heteroatoms. The first-order valence-corrected chi connectivity index (χ1v) is 9.19. The molecule has 2 aliphatic rings. The normalized spacial score (nSPS) is 24.7. The summed E-state index contributed by atoms with van der Waals surface area (Å²) in [4.78, 5) is 43.6. The van der Waals surface area contributed by atoms with Crippen LogP contribution in [-0.2, 0) is 20.8 Å². The van der Waals surface area contributed by atoms with Crippen LogP contribution in [0, 0.1) is 18.7 Å². The summed E-state index contributed by atoms with van der Waals surface area (Å²) in [5.41, 5.74) is 2.40. The van der Waals surface area contributed by atoms with Crippen molar-refractivity contribution in [3.05, 3.63) is 35.3 Å². The number of hydrogen-bond donors (Lipinski definition) is 1. The summed E-state index contributed by atoms with van der Waals surface area (Å²) < 4.78 is 13.7. The summed E-state index contributed by atoms with van der Waals surface area (Å²) in [7, 11) is 0. The van der Waals surface area contributed by atoms with Crippen LogP contribution in [0.5, 0.6) is 0 Å². The minimum absolute atomic E-state index is 0.0965. The molecule has 3 atom stereocenters. The van der Waals surface area contributed by atoms with Gasteiger partial charge in [-0.2, -0.15) is 0 Å². The quantitative estimate of drug-likeness (QED) is 0.879. The van der Waals surface area contributed by atoms with Crippen LogP contribution in [0.4, 0.5) is 4.39 Å². The molecule has 2 aromatic rings. The Bertz CT molecular complexity index is 967. The maximum Gasteiger partial charge on any atom is 0.234 e. The fourth-order valence-corrected chi connectivity index (χ4v) is 4.73. The molecule has 3 heterocycles. The Labute approximate surface area is 156 Å². The molecule has 0 radical (unpaired) electrons. The molecule has 1 N–H and O–H groups in total. The van der Waals surface area contributed by atoms with Crippen LogP contribution in [0.1, 0.15) is 31.5 Å². The maximum absolute atomic E-state index is 13.7. The van der Waals surface area contributed by atoms with Crippen LogP contribution in [0.15, 0.2) is 18.2 Å². The van der Waals surface area contributed by atoms with Gasteiger partial charge in [0.15, 0.2) is 0 Å². The Balaban J connectivity index is 1.62. The maximum atomic E-state index is 13.7. The summed E-state index contributed by atoms with van der Waals surface area (Å²) in [6.45, 7) is 5.56. The highest BCUT2D eigenvalue weighted by molar-refractivity contribution is 5.99. The molecule has 0 saturated carbocycles. The number of benzene rings is 1. The van der Waals surface area contributed by atoms with Gasteiger partial charge in [0.05, 0.1) is 24.4 Å². The number of hydrogen-bond acceptors (Lipinski definition) is 3. The lowest BCUT2D eigenvalue weighted by molar-refractivity contribution is -0.143. The number of halogens is 1. The Kier molecular flexibility index (Phi) is 4.05. The summed E-state index contributed by atoms with van der Waals surface area (Å²) >= 11 is 0. The summed E-state index contributed by atoms with van der Waals surface area (Å²) in [5, 5.41) is 0.706. The number of likely N-dealkylation sites (tertiary alicyclic amines) is 2. The summed E-state index contributed by atoms with van der Waals surface area (Å²) in [5.74, 6) is -1.31. The highest BCUT2D eigenvalue weighted by atomic mass is 19.1. The van der Waals surface area contributed by atoms with Crippen molar-refractivity contribution < 1.29 is 18.8 Å². The lowest BCUT2D eigenvalue weighted by Crippen LogP contribution is -2.43. The van der Waals surface area contributed by atoms with Crippen LogP contribution in [-0.4, -0.2) is 51.1 Å². The van der Waals surface area contributed by atoms with Crippen molar-refractivity contribution in [2.75, 3.05) is 6.54 Å². The van der Waals surface area contributed by atoms with E-state index >= 15 is 0 Å². The number of H-pyrrole nitrogens is 1. The van der Waals surface area contributed by atoms with E-state index in [-0.39, 0.29) is 42.0 Å². The molecule has 1 aromatic heterocycles. The molecule has 0 bridgehead atoms. The third-order valence-electron chi connectivity index (χ3n) is 5.96. The zero-order valence-electron chi connectivity index (χ0n) is 15.6. The van der Waals surface area contributed by atoms with Gasteiger partial charge in [-0.25, -0.2) is 4.39 Å². The van der Waals surface area contributed by atoms with E-state index in [4.69, 9.17) is 0 Å². The van der Waals surface area contributed by atoms with Crippen molar-refractivity contribution in [3.63, 3.8) is 0 Å². The fourth-order valence-electron chi connectivity index (χ4n) is 4.73. The van der Waals surface area contributed by atoms with Gasteiger partial charge >= 0.3 is 0 Å². The number of aromatic nitrogens is 1. The molecule has 2 fully saturated rings. The average molecular weight is 371 g/mol. The number of nitrogens with zero attached hydrogens (tertiary/aromatic N) is 2. The lowest BCUT2D eigenvalue weighted by atomic mass is 10.00. The smallest absolute Gasteiger partial charge is 0.234 e.